The number of benzene rings is 1. The van der Waals surface area contributed by atoms with Gasteiger partial charge in [0.25, 0.3) is 0 Å². The molecule has 2 aliphatic rings. The second-order valence-corrected chi connectivity index (χ2v) is 10.3. The number of sulfonamides is 1. The summed E-state index contributed by atoms with van der Waals surface area (Å²) in [5.74, 6) is 0.988. The Morgan fingerprint density at radius 1 is 1.00 bits per heavy atom. The van der Waals surface area contributed by atoms with Gasteiger partial charge in [0.1, 0.15) is 0 Å². The zero-order valence-electron chi connectivity index (χ0n) is 18.0. The first-order valence-electron chi connectivity index (χ1n) is 10.6. The minimum atomic E-state index is -3.55. The molecule has 0 bridgehead atoms. The van der Waals surface area contributed by atoms with Gasteiger partial charge in [0.05, 0.1) is 37.1 Å². The maximum absolute atomic E-state index is 12.8. The van der Waals surface area contributed by atoms with E-state index in [9.17, 15) is 13.2 Å². The molecule has 32 heavy (non-hydrogen) atoms. The third kappa shape index (κ3) is 4.99. The molecule has 0 unspecified atom stereocenters. The highest BCUT2D eigenvalue weighted by Gasteiger charge is 2.26. The van der Waals surface area contributed by atoms with Crippen LogP contribution in [0.3, 0.4) is 0 Å². The molecule has 0 spiro atoms. The Balaban J connectivity index is 1.46. The highest BCUT2D eigenvalue weighted by molar-refractivity contribution is 7.99. The molecule has 0 aliphatic carbocycles. The SMILES string of the molecule is CCn1c(SCC(=O)N2CCOCC2)nnc1-c1ccc(S(=O)(=O)N2CCOCC2)cc1. The predicted octanol–water partition coefficient (Wildman–Crippen LogP) is 0.937. The fourth-order valence-electron chi connectivity index (χ4n) is 3.64. The van der Waals surface area contributed by atoms with Crippen LogP contribution < -0.4 is 0 Å². The van der Waals surface area contributed by atoms with Gasteiger partial charge in [-0.05, 0) is 31.2 Å². The number of hydrogen-bond acceptors (Lipinski definition) is 8. The van der Waals surface area contributed by atoms with Crippen LogP contribution in [0.4, 0.5) is 0 Å². The Morgan fingerprint density at radius 3 is 2.25 bits per heavy atom. The third-order valence-electron chi connectivity index (χ3n) is 5.44. The van der Waals surface area contributed by atoms with Crippen LogP contribution in [0.25, 0.3) is 11.4 Å². The van der Waals surface area contributed by atoms with Crippen molar-refractivity contribution in [2.24, 2.45) is 0 Å². The Morgan fingerprint density at radius 2 is 1.62 bits per heavy atom. The van der Waals surface area contributed by atoms with Crippen LogP contribution in [-0.2, 0) is 30.8 Å². The maximum Gasteiger partial charge on any atom is 0.243 e. The van der Waals surface area contributed by atoms with Gasteiger partial charge in [-0.15, -0.1) is 10.2 Å². The van der Waals surface area contributed by atoms with Crippen LogP contribution in [0, 0.1) is 0 Å². The van der Waals surface area contributed by atoms with Gasteiger partial charge in [0.15, 0.2) is 11.0 Å². The molecule has 1 amide bonds. The van der Waals surface area contributed by atoms with E-state index >= 15 is 0 Å². The van der Waals surface area contributed by atoms with Crippen molar-refractivity contribution >= 4 is 27.7 Å². The molecule has 0 saturated carbocycles. The van der Waals surface area contributed by atoms with Gasteiger partial charge in [0, 0.05) is 38.3 Å². The lowest BCUT2D eigenvalue weighted by atomic mass is 10.2. The Kier molecular flexibility index (Phi) is 7.46. The molecule has 0 atom stereocenters. The van der Waals surface area contributed by atoms with E-state index in [2.05, 4.69) is 10.2 Å². The summed E-state index contributed by atoms with van der Waals surface area (Å²) in [6.07, 6.45) is 0. The number of morpholine rings is 2. The van der Waals surface area contributed by atoms with Crippen LogP contribution in [0.15, 0.2) is 34.3 Å². The molecule has 174 valence electrons. The number of ether oxygens (including phenoxy) is 2. The highest BCUT2D eigenvalue weighted by Crippen LogP contribution is 2.26. The number of carbonyl (C=O) groups is 1. The van der Waals surface area contributed by atoms with E-state index in [1.165, 1.54) is 16.1 Å². The molecular formula is C20H27N5O5S2. The largest absolute Gasteiger partial charge is 0.379 e. The lowest BCUT2D eigenvalue weighted by Crippen LogP contribution is -2.41. The molecule has 2 aliphatic heterocycles. The van der Waals surface area contributed by atoms with Gasteiger partial charge >= 0.3 is 0 Å². The summed E-state index contributed by atoms with van der Waals surface area (Å²) in [5, 5.41) is 9.23. The van der Waals surface area contributed by atoms with Gasteiger partial charge in [0.2, 0.25) is 15.9 Å². The van der Waals surface area contributed by atoms with Crippen LogP contribution in [0.2, 0.25) is 0 Å². The number of carbonyl (C=O) groups excluding carboxylic acids is 1. The Hall–Kier alpha value is -1.99. The molecule has 10 nitrogen and oxygen atoms in total. The molecule has 12 heteroatoms. The van der Waals surface area contributed by atoms with Crippen molar-refractivity contribution in [3.05, 3.63) is 24.3 Å². The number of amides is 1. The topological polar surface area (TPSA) is 107 Å². The van der Waals surface area contributed by atoms with Crippen LogP contribution in [-0.4, -0.2) is 96.7 Å². The first-order valence-corrected chi connectivity index (χ1v) is 13.0. The monoisotopic (exact) mass is 481 g/mol. The second-order valence-electron chi connectivity index (χ2n) is 7.37. The molecule has 2 fully saturated rings. The van der Waals surface area contributed by atoms with E-state index in [1.807, 2.05) is 11.5 Å². The number of rotatable bonds is 7. The minimum Gasteiger partial charge on any atom is -0.379 e. The summed E-state index contributed by atoms with van der Waals surface area (Å²) in [6.45, 7) is 6.52. The van der Waals surface area contributed by atoms with Gasteiger partial charge < -0.3 is 18.9 Å². The molecule has 2 aromatic rings. The average molecular weight is 482 g/mol. The molecule has 0 radical (unpaired) electrons. The fraction of sp³-hybridized carbons (Fsp3) is 0.550. The Bertz CT molecular complexity index is 1030. The zero-order valence-corrected chi connectivity index (χ0v) is 19.6. The first-order chi connectivity index (χ1) is 15.5. The molecule has 4 rings (SSSR count). The lowest BCUT2D eigenvalue weighted by molar-refractivity contribution is -0.132. The van der Waals surface area contributed by atoms with Crippen LogP contribution in [0.5, 0.6) is 0 Å². The summed E-state index contributed by atoms with van der Waals surface area (Å²) < 4.78 is 39.6. The third-order valence-corrected chi connectivity index (χ3v) is 8.31. The quantitative estimate of drug-likeness (QED) is 0.538. The van der Waals surface area contributed by atoms with E-state index < -0.39 is 10.0 Å². The van der Waals surface area contributed by atoms with Crippen LogP contribution in [0.1, 0.15) is 6.92 Å². The van der Waals surface area contributed by atoms with Gasteiger partial charge in [-0.2, -0.15) is 4.31 Å². The highest BCUT2D eigenvalue weighted by atomic mass is 32.2. The summed E-state index contributed by atoms with van der Waals surface area (Å²) in [4.78, 5) is 14.5. The minimum absolute atomic E-state index is 0.0585. The van der Waals surface area contributed by atoms with Crippen molar-refractivity contribution in [1.29, 1.82) is 0 Å². The Labute approximate surface area is 191 Å². The summed E-state index contributed by atoms with van der Waals surface area (Å²) >= 11 is 1.36. The van der Waals surface area contributed by atoms with E-state index in [-0.39, 0.29) is 16.6 Å². The average Bonchev–Trinajstić information content (AvgIpc) is 3.26. The predicted molar refractivity (Wildman–Crippen MR) is 119 cm³/mol. The van der Waals surface area contributed by atoms with E-state index in [0.717, 1.165) is 5.56 Å². The summed E-state index contributed by atoms with van der Waals surface area (Å²) in [5.41, 5.74) is 0.770. The van der Waals surface area contributed by atoms with Crippen molar-refractivity contribution in [3.8, 4) is 11.4 Å². The summed E-state index contributed by atoms with van der Waals surface area (Å²) in [7, 11) is -3.55. The fourth-order valence-corrected chi connectivity index (χ4v) is 5.95. The maximum atomic E-state index is 12.8. The lowest BCUT2D eigenvalue weighted by Gasteiger charge is -2.26. The van der Waals surface area contributed by atoms with Crippen molar-refractivity contribution in [2.45, 2.75) is 23.5 Å². The number of thioether (sulfide) groups is 1. The van der Waals surface area contributed by atoms with E-state index in [0.29, 0.717) is 70.1 Å². The molecule has 0 N–H and O–H groups in total. The second kappa shape index (κ2) is 10.3. The van der Waals surface area contributed by atoms with Crippen molar-refractivity contribution in [3.63, 3.8) is 0 Å². The van der Waals surface area contributed by atoms with Crippen molar-refractivity contribution in [1.82, 2.24) is 24.0 Å². The smallest absolute Gasteiger partial charge is 0.243 e. The first kappa shape index (κ1) is 23.2. The molecular weight excluding hydrogens is 454 g/mol. The molecule has 1 aromatic carbocycles. The molecule has 3 heterocycles. The van der Waals surface area contributed by atoms with Gasteiger partial charge in [-0.1, -0.05) is 11.8 Å². The molecule has 2 saturated heterocycles. The number of aromatic nitrogens is 3. The normalized spacial score (nSPS) is 18.1. The van der Waals surface area contributed by atoms with Gasteiger partial charge in [-0.25, -0.2) is 8.42 Å². The van der Waals surface area contributed by atoms with Gasteiger partial charge in [-0.3, -0.25) is 4.79 Å². The van der Waals surface area contributed by atoms with Crippen molar-refractivity contribution < 1.29 is 22.7 Å². The van der Waals surface area contributed by atoms with Crippen LogP contribution >= 0.6 is 11.8 Å². The van der Waals surface area contributed by atoms with E-state index in [4.69, 9.17) is 9.47 Å². The molecule has 1 aromatic heterocycles. The standard InChI is InChI=1S/C20H27N5O5S2/c1-2-25-19(21-22-20(25)31-15-18(26)23-7-11-29-12-8-23)16-3-5-17(6-4-16)32(27,28)24-9-13-30-14-10-24/h3-6H,2,7-15H2,1H3. The summed E-state index contributed by atoms with van der Waals surface area (Å²) in [6, 6.07) is 6.70. The zero-order chi connectivity index (χ0) is 22.6. The number of hydrogen-bond donors (Lipinski definition) is 0. The van der Waals surface area contributed by atoms with E-state index in [1.54, 1.807) is 29.2 Å². The number of nitrogens with zero attached hydrogens (tertiary/aromatic N) is 5. The van der Waals surface area contributed by atoms with Crippen molar-refractivity contribution in [2.75, 3.05) is 58.4 Å².